The summed E-state index contributed by atoms with van der Waals surface area (Å²) in [5.74, 6) is 0.203. The van der Waals surface area contributed by atoms with E-state index in [2.05, 4.69) is 29.1 Å². The van der Waals surface area contributed by atoms with Crippen LogP contribution in [-0.2, 0) is 11.3 Å². The molecule has 2 atom stereocenters. The van der Waals surface area contributed by atoms with Crippen LogP contribution in [0.15, 0.2) is 60.8 Å². The van der Waals surface area contributed by atoms with Gasteiger partial charge in [0.15, 0.2) is 0 Å². The van der Waals surface area contributed by atoms with E-state index in [4.69, 9.17) is 4.74 Å². The Hall–Kier alpha value is -2.95. The standard InChI is InChI=1S/C21H23N3O2/c1-3-15(2)20(19-13-22-17-11-7-8-12-18(17)23-19)24-21(25)26-14-16-9-5-4-6-10-16/h4-13,15,20H,3,14H2,1-2H3,(H,24,25)/t15-,20-/m0/s1. The third-order valence-electron chi connectivity index (χ3n) is 4.48. The van der Waals surface area contributed by atoms with Crippen molar-refractivity contribution < 1.29 is 9.53 Å². The topological polar surface area (TPSA) is 64.1 Å². The summed E-state index contributed by atoms with van der Waals surface area (Å²) >= 11 is 0. The van der Waals surface area contributed by atoms with Crippen molar-refractivity contribution in [3.8, 4) is 0 Å². The van der Waals surface area contributed by atoms with Gasteiger partial charge in [-0.05, 0) is 23.6 Å². The molecule has 0 bridgehead atoms. The maximum absolute atomic E-state index is 12.3. The molecule has 1 amide bonds. The minimum atomic E-state index is -0.450. The number of fused-ring (bicyclic) bond motifs is 1. The lowest BCUT2D eigenvalue weighted by atomic mass is 9.96. The quantitative estimate of drug-likeness (QED) is 0.704. The highest BCUT2D eigenvalue weighted by atomic mass is 16.5. The van der Waals surface area contributed by atoms with Crippen molar-refractivity contribution in [2.75, 3.05) is 0 Å². The average molecular weight is 349 g/mol. The summed E-state index contributed by atoms with van der Waals surface area (Å²) in [6.45, 7) is 4.41. The summed E-state index contributed by atoms with van der Waals surface area (Å²) < 4.78 is 5.36. The lowest BCUT2D eigenvalue weighted by molar-refractivity contribution is 0.131. The second-order valence-electron chi connectivity index (χ2n) is 6.35. The second-order valence-corrected chi connectivity index (χ2v) is 6.35. The Balaban J connectivity index is 1.73. The fourth-order valence-corrected chi connectivity index (χ4v) is 2.76. The zero-order valence-corrected chi connectivity index (χ0v) is 15.1. The predicted octanol–water partition coefficient (Wildman–Crippen LogP) is 4.64. The van der Waals surface area contributed by atoms with Crippen LogP contribution in [0.25, 0.3) is 11.0 Å². The molecule has 5 heteroatoms. The van der Waals surface area contributed by atoms with E-state index < -0.39 is 6.09 Å². The maximum Gasteiger partial charge on any atom is 0.408 e. The van der Waals surface area contributed by atoms with Gasteiger partial charge in [-0.1, -0.05) is 62.7 Å². The molecule has 26 heavy (non-hydrogen) atoms. The first-order chi connectivity index (χ1) is 12.7. The molecule has 3 aromatic rings. The summed E-state index contributed by atoms with van der Waals surface area (Å²) in [4.78, 5) is 21.5. The number of benzene rings is 2. The van der Waals surface area contributed by atoms with Crippen molar-refractivity contribution >= 4 is 17.1 Å². The molecule has 5 nitrogen and oxygen atoms in total. The van der Waals surface area contributed by atoms with Gasteiger partial charge in [-0.2, -0.15) is 0 Å². The molecule has 0 aliphatic heterocycles. The van der Waals surface area contributed by atoms with E-state index in [1.165, 1.54) is 0 Å². The molecule has 1 N–H and O–H groups in total. The normalized spacial score (nSPS) is 13.2. The molecule has 0 unspecified atom stereocenters. The van der Waals surface area contributed by atoms with Crippen LogP contribution in [0.2, 0.25) is 0 Å². The van der Waals surface area contributed by atoms with Crippen LogP contribution in [0.5, 0.6) is 0 Å². The maximum atomic E-state index is 12.3. The third-order valence-corrected chi connectivity index (χ3v) is 4.48. The lowest BCUT2D eigenvalue weighted by Crippen LogP contribution is -2.33. The van der Waals surface area contributed by atoms with Crippen molar-refractivity contribution in [2.45, 2.75) is 32.9 Å². The van der Waals surface area contributed by atoms with Gasteiger partial charge < -0.3 is 10.1 Å². The molecule has 1 heterocycles. The molecule has 0 aliphatic rings. The number of amides is 1. The van der Waals surface area contributed by atoms with Crippen molar-refractivity contribution in [3.63, 3.8) is 0 Å². The first-order valence-corrected chi connectivity index (χ1v) is 8.86. The van der Waals surface area contributed by atoms with Gasteiger partial charge in [0, 0.05) is 0 Å². The van der Waals surface area contributed by atoms with Gasteiger partial charge in [0.2, 0.25) is 0 Å². The van der Waals surface area contributed by atoms with Crippen LogP contribution >= 0.6 is 0 Å². The number of hydrogen-bond acceptors (Lipinski definition) is 4. The van der Waals surface area contributed by atoms with Crippen LogP contribution < -0.4 is 5.32 Å². The van der Waals surface area contributed by atoms with E-state index >= 15 is 0 Å². The Kier molecular flexibility index (Phi) is 5.79. The van der Waals surface area contributed by atoms with Gasteiger partial charge in [-0.25, -0.2) is 9.78 Å². The molecule has 0 spiro atoms. The van der Waals surface area contributed by atoms with E-state index in [1.807, 2.05) is 54.6 Å². The number of alkyl carbamates (subject to hydrolysis) is 1. The van der Waals surface area contributed by atoms with Crippen LogP contribution in [0.4, 0.5) is 4.79 Å². The molecular weight excluding hydrogens is 326 g/mol. The number of hydrogen-bond donors (Lipinski definition) is 1. The van der Waals surface area contributed by atoms with Crippen molar-refractivity contribution in [1.82, 2.24) is 15.3 Å². The van der Waals surface area contributed by atoms with Gasteiger partial charge in [0.1, 0.15) is 6.61 Å². The molecule has 0 fully saturated rings. The highest BCUT2D eigenvalue weighted by Gasteiger charge is 2.23. The van der Waals surface area contributed by atoms with Gasteiger partial charge in [0.05, 0.1) is 29.0 Å². The van der Waals surface area contributed by atoms with Gasteiger partial charge in [-0.3, -0.25) is 4.98 Å². The number of aromatic nitrogens is 2. The zero-order valence-electron chi connectivity index (χ0n) is 15.1. The third kappa shape index (κ3) is 4.36. The Labute approximate surface area is 153 Å². The molecule has 3 rings (SSSR count). The monoisotopic (exact) mass is 349 g/mol. The van der Waals surface area contributed by atoms with Crippen LogP contribution in [0.1, 0.15) is 37.6 Å². The van der Waals surface area contributed by atoms with Gasteiger partial charge in [-0.15, -0.1) is 0 Å². The van der Waals surface area contributed by atoms with Crippen LogP contribution in [0, 0.1) is 5.92 Å². The predicted molar refractivity (Wildman–Crippen MR) is 101 cm³/mol. The summed E-state index contributed by atoms with van der Waals surface area (Å²) in [6.07, 6.45) is 2.18. The largest absolute Gasteiger partial charge is 0.445 e. The smallest absolute Gasteiger partial charge is 0.408 e. The number of rotatable bonds is 6. The van der Waals surface area contributed by atoms with E-state index in [0.29, 0.717) is 0 Å². The number of para-hydroxylation sites is 2. The van der Waals surface area contributed by atoms with Crippen molar-refractivity contribution in [2.24, 2.45) is 5.92 Å². The Morgan fingerprint density at radius 3 is 2.50 bits per heavy atom. The number of nitrogens with zero attached hydrogens (tertiary/aromatic N) is 2. The molecule has 0 aliphatic carbocycles. The van der Waals surface area contributed by atoms with Crippen LogP contribution in [0.3, 0.4) is 0 Å². The Morgan fingerprint density at radius 2 is 1.77 bits per heavy atom. The van der Waals surface area contributed by atoms with Crippen molar-refractivity contribution in [1.29, 1.82) is 0 Å². The number of nitrogens with one attached hydrogen (secondary N) is 1. The minimum absolute atomic E-state index is 0.203. The van der Waals surface area contributed by atoms with Gasteiger partial charge in [0.25, 0.3) is 0 Å². The van der Waals surface area contributed by atoms with E-state index in [0.717, 1.165) is 28.7 Å². The van der Waals surface area contributed by atoms with Crippen LogP contribution in [-0.4, -0.2) is 16.1 Å². The number of ether oxygens (including phenoxy) is 1. The molecule has 1 aromatic heterocycles. The molecule has 134 valence electrons. The minimum Gasteiger partial charge on any atom is -0.445 e. The summed E-state index contributed by atoms with van der Waals surface area (Å²) in [7, 11) is 0. The molecule has 0 saturated heterocycles. The first-order valence-electron chi connectivity index (χ1n) is 8.86. The van der Waals surface area contributed by atoms with Gasteiger partial charge >= 0.3 is 6.09 Å². The molecule has 2 aromatic carbocycles. The Bertz CT molecular complexity index is 867. The molecular formula is C21H23N3O2. The summed E-state index contributed by atoms with van der Waals surface area (Å²) in [6, 6.07) is 17.1. The first kappa shape index (κ1) is 17.9. The summed E-state index contributed by atoms with van der Waals surface area (Å²) in [5.41, 5.74) is 3.35. The van der Waals surface area contributed by atoms with Crippen molar-refractivity contribution in [3.05, 3.63) is 72.1 Å². The average Bonchev–Trinajstić information content (AvgIpc) is 2.70. The fraction of sp³-hybridized carbons (Fsp3) is 0.286. The van der Waals surface area contributed by atoms with E-state index in [-0.39, 0.29) is 18.6 Å². The zero-order chi connectivity index (χ0) is 18.4. The summed E-state index contributed by atoms with van der Waals surface area (Å²) in [5, 5.41) is 2.96. The lowest BCUT2D eigenvalue weighted by Gasteiger charge is -2.23. The number of carbonyl (C=O) groups excluding carboxylic acids is 1. The highest BCUT2D eigenvalue weighted by molar-refractivity contribution is 5.74. The SMILES string of the molecule is CC[C@H](C)[C@H](NC(=O)OCc1ccccc1)c1cnc2ccccc2n1. The highest BCUT2D eigenvalue weighted by Crippen LogP contribution is 2.24. The fourth-order valence-electron chi connectivity index (χ4n) is 2.76. The Morgan fingerprint density at radius 1 is 1.08 bits per heavy atom. The molecule has 0 radical (unpaired) electrons. The van der Waals surface area contributed by atoms with E-state index in [1.54, 1.807) is 6.20 Å². The van der Waals surface area contributed by atoms with E-state index in [9.17, 15) is 4.79 Å². The second kappa shape index (κ2) is 8.43. The number of carbonyl (C=O) groups is 1. The molecule has 0 saturated carbocycles.